The van der Waals surface area contributed by atoms with Crippen LogP contribution in [0.2, 0.25) is 0 Å². The molecule has 0 spiro atoms. The second-order valence-electron chi connectivity index (χ2n) is 6.34. The molecule has 7 nitrogen and oxygen atoms in total. The first-order valence-electron chi connectivity index (χ1n) is 10.1. The number of rotatable bonds is 11. The Hall–Kier alpha value is -2.30. The number of nitrogens with one attached hydrogen (secondary N) is 1. The SMILES string of the molecule is CCOc1cc(C(=O)Nc2nnc(SCc3ccc(Br)cc3)s2)cc(OCC)c1OCC. The Kier molecular flexibility index (Phi) is 9.19. The summed E-state index contributed by atoms with van der Waals surface area (Å²) < 4.78 is 18.9. The maximum Gasteiger partial charge on any atom is 0.257 e. The standard InChI is InChI=1S/C22H24BrN3O4S2/c1-4-28-17-11-15(12-18(29-5-2)19(17)30-6-3)20(27)24-21-25-26-22(32-21)31-13-14-7-9-16(23)10-8-14/h7-12H,4-6,13H2,1-3H3,(H,24,25,27). The zero-order valence-electron chi connectivity index (χ0n) is 18.0. The lowest BCUT2D eigenvalue weighted by Crippen LogP contribution is -2.13. The molecular formula is C22H24BrN3O4S2. The fraction of sp³-hybridized carbons (Fsp3) is 0.318. The maximum absolute atomic E-state index is 12.9. The number of aromatic nitrogens is 2. The van der Waals surface area contributed by atoms with Crippen LogP contribution >= 0.6 is 39.0 Å². The highest BCUT2D eigenvalue weighted by Gasteiger charge is 2.19. The van der Waals surface area contributed by atoms with Crippen molar-refractivity contribution in [1.82, 2.24) is 10.2 Å². The molecule has 2 aromatic carbocycles. The van der Waals surface area contributed by atoms with Gasteiger partial charge in [0.15, 0.2) is 15.8 Å². The van der Waals surface area contributed by atoms with Crippen molar-refractivity contribution in [1.29, 1.82) is 0 Å². The van der Waals surface area contributed by atoms with E-state index in [9.17, 15) is 4.79 Å². The Morgan fingerprint density at radius 3 is 2.22 bits per heavy atom. The Balaban J connectivity index is 1.71. The van der Waals surface area contributed by atoms with E-state index in [1.54, 1.807) is 23.9 Å². The number of carbonyl (C=O) groups is 1. The zero-order valence-corrected chi connectivity index (χ0v) is 21.2. The van der Waals surface area contributed by atoms with Gasteiger partial charge >= 0.3 is 0 Å². The van der Waals surface area contributed by atoms with Crippen LogP contribution < -0.4 is 19.5 Å². The van der Waals surface area contributed by atoms with Crippen molar-refractivity contribution in [3.05, 3.63) is 52.0 Å². The lowest BCUT2D eigenvalue weighted by Gasteiger charge is -2.16. The first kappa shape index (κ1) is 24.3. The van der Waals surface area contributed by atoms with Gasteiger partial charge in [-0.2, -0.15) is 0 Å². The molecule has 0 aliphatic rings. The quantitative estimate of drug-likeness (QED) is 0.235. The molecule has 0 unspecified atom stereocenters. The number of carbonyl (C=O) groups excluding carboxylic acids is 1. The summed E-state index contributed by atoms with van der Waals surface area (Å²) in [4.78, 5) is 12.9. The van der Waals surface area contributed by atoms with Crippen LogP contribution in [-0.2, 0) is 5.75 Å². The Morgan fingerprint density at radius 2 is 1.62 bits per heavy atom. The van der Waals surface area contributed by atoms with Crippen LogP contribution in [0.1, 0.15) is 36.7 Å². The number of halogens is 1. The van der Waals surface area contributed by atoms with Crippen molar-refractivity contribution in [3.8, 4) is 17.2 Å². The second kappa shape index (κ2) is 12.1. The van der Waals surface area contributed by atoms with Crippen molar-refractivity contribution >= 4 is 50.1 Å². The van der Waals surface area contributed by atoms with Crippen LogP contribution in [0.15, 0.2) is 45.2 Å². The van der Waals surface area contributed by atoms with Gasteiger partial charge in [-0.3, -0.25) is 10.1 Å². The van der Waals surface area contributed by atoms with E-state index < -0.39 is 0 Å². The van der Waals surface area contributed by atoms with E-state index in [1.165, 1.54) is 16.9 Å². The number of nitrogens with zero attached hydrogens (tertiary/aromatic N) is 2. The number of amides is 1. The Labute approximate surface area is 204 Å². The molecule has 32 heavy (non-hydrogen) atoms. The molecule has 0 aliphatic carbocycles. The van der Waals surface area contributed by atoms with Gasteiger partial charge in [-0.1, -0.05) is 51.2 Å². The molecule has 1 amide bonds. The first-order valence-corrected chi connectivity index (χ1v) is 12.7. The van der Waals surface area contributed by atoms with Crippen molar-refractivity contribution in [2.45, 2.75) is 30.9 Å². The molecule has 0 fully saturated rings. The highest BCUT2D eigenvalue weighted by atomic mass is 79.9. The van der Waals surface area contributed by atoms with Gasteiger partial charge in [0.25, 0.3) is 5.91 Å². The van der Waals surface area contributed by atoms with Gasteiger partial charge in [-0.25, -0.2) is 0 Å². The normalized spacial score (nSPS) is 10.6. The summed E-state index contributed by atoms with van der Waals surface area (Å²) in [6.45, 7) is 6.96. The minimum atomic E-state index is -0.324. The predicted molar refractivity (Wildman–Crippen MR) is 132 cm³/mol. The van der Waals surface area contributed by atoms with Gasteiger partial charge in [0.2, 0.25) is 10.9 Å². The number of hydrogen-bond donors (Lipinski definition) is 1. The molecule has 1 aromatic heterocycles. The van der Waals surface area contributed by atoms with Crippen LogP contribution in [0.3, 0.4) is 0 Å². The lowest BCUT2D eigenvalue weighted by molar-refractivity contribution is 0.102. The summed E-state index contributed by atoms with van der Waals surface area (Å²) in [5, 5.41) is 11.5. The molecule has 1 N–H and O–H groups in total. The van der Waals surface area contributed by atoms with E-state index in [-0.39, 0.29) is 5.91 Å². The summed E-state index contributed by atoms with van der Waals surface area (Å²) in [5.41, 5.74) is 1.57. The zero-order chi connectivity index (χ0) is 22.9. The molecule has 0 atom stereocenters. The third-order valence-electron chi connectivity index (χ3n) is 4.07. The summed E-state index contributed by atoms with van der Waals surface area (Å²) in [6, 6.07) is 11.4. The molecule has 170 valence electrons. The van der Waals surface area contributed by atoms with E-state index in [1.807, 2.05) is 32.9 Å². The second-order valence-corrected chi connectivity index (χ2v) is 9.46. The number of hydrogen-bond acceptors (Lipinski definition) is 8. The van der Waals surface area contributed by atoms with Crippen molar-refractivity contribution in [2.75, 3.05) is 25.1 Å². The molecule has 3 rings (SSSR count). The lowest BCUT2D eigenvalue weighted by atomic mass is 10.1. The number of anilines is 1. The van der Waals surface area contributed by atoms with Crippen molar-refractivity contribution < 1.29 is 19.0 Å². The topological polar surface area (TPSA) is 82.6 Å². The van der Waals surface area contributed by atoms with E-state index >= 15 is 0 Å². The fourth-order valence-electron chi connectivity index (χ4n) is 2.73. The molecule has 0 radical (unpaired) electrons. The van der Waals surface area contributed by atoms with Gasteiger partial charge in [0.1, 0.15) is 0 Å². The van der Waals surface area contributed by atoms with Crippen molar-refractivity contribution in [3.63, 3.8) is 0 Å². The predicted octanol–water partition coefficient (Wildman–Crippen LogP) is 6.04. The number of benzene rings is 2. The summed E-state index contributed by atoms with van der Waals surface area (Å²) in [6.07, 6.45) is 0. The van der Waals surface area contributed by atoms with Gasteiger partial charge in [0.05, 0.1) is 19.8 Å². The largest absolute Gasteiger partial charge is 0.490 e. The highest BCUT2D eigenvalue weighted by molar-refractivity contribution is 9.10. The number of ether oxygens (including phenoxy) is 3. The van der Waals surface area contributed by atoms with Gasteiger partial charge in [-0.05, 0) is 50.6 Å². The summed E-state index contributed by atoms with van der Waals surface area (Å²) in [7, 11) is 0. The average molecular weight is 538 g/mol. The molecular weight excluding hydrogens is 514 g/mol. The average Bonchev–Trinajstić information content (AvgIpc) is 3.23. The molecule has 3 aromatic rings. The van der Waals surface area contributed by atoms with E-state index in [4.69, 9.17) is 14.2 Å². The van der Waals surface area contributed by atoms with Gasteiger partial charge in [-0.15, -0.1) is 10.2 Å². The monoisotopic (exact) mass is 537 g/mol. The van der Waals surface area contributed by atoms with E-state index in [0.717, 1.165) is 14.6 Å². The molecule has 0 saturated heterocycles. The Bertz CT molecular complexity index is 1020. The van der Waals surface area contributed by atoms with E-state index in [0.29, 0.717) is 47.8 Å². The van der Waals surface area contributed by atoms with Crippen LogP contribution in [-0.4, -0.2) is 35.9 Å². The summed E-state index contributed by atoms with van der Waals surface area (Å²) in [5.74, 6) is 1.87. The van der Waals surface area contributed by atoms with Gasteiger partial charge in [0, 0.05) is 15.8 Å². The molecule has 10 heteroatoms. The molecule has 0 aliphatic heterocycles. The number of thioether (sulfide) groups is 1. The van der Waals surface area contributed by atoms with Crippen molar-refractivity contribution in [2.24, 2.45) is 0 Å². The van der Waals surface area contributed by atoms with Gasteiger partial charge < -0.3 is 14.2 Å². The van der Waals surface area contributed by atoms with Crippen LogP contribution in [0, 0.1) is 0 Å². The first-order chi connectivity index (χ1) is 15.5. The molecule has 0 saturated carbocycles. The molecule has 1 heterocycles. The summed E-state index contributed by atoms with van der Waals surface area (Å²) >= 11 is 6.34. The highest BCUT2D eigenvalue weighted by Crippen LogP contribution is 2.39. The van der Waals surface area contributed by atoms with Crippen LogP contribution in [0.5, 0.6) is 17.2 Å². The minimum absolute atomic E-state index is 0.324. The van der Waals surface area contributed by atoms with Crippen LogP contribution in [0.25, 0.3) is 0 Å². The third-order valence-corrected chi connectivity index (χ3v) is 6.65. The maximum atomic E-state index is 12.9. The fourth-order valence-corrected chi connectivity index (χ4v) is 4.70. The minimum Gasteiger partial charge on any atom is -0.490 e. The smallest absolute Gasteiger partial charge is 0.257 e. The van der Waals surface area contributed by atoms with Crippen LogP contribution in [0.4, 0.5) is 5.13 Å². The Morgan fingerprint density at radius 1 is 1.00 bits per heavy atom. The third kappa shape index (κ3) is 6.60. The van der Waals surface area contributed by atoms with E-state index in [2.05, 4.69) is 43.6 Å². The molecule has 0 bridgehead atoms.